The minimum atomic E-state index is -0.194. The van der Waals surface area contributed by atoms with Crippen LogP contribution in [0.4, 0.5) is 0 Å². The molecule has 0 aromatic rings. The number of amidine groups is 1. The van der Waals surface area contributed by atoms with Gasteiger partial charge in [-0.1, -0.05) is 5.16 Å². The smallest absolute Gasteiger partial charge is 0.227 e. The molecule has 1 amide bonds. The van der Waals surface area contributed by atoms with Crippen molar-refractivity contribution in [3.05, 3.63) is 0 Å². The van der Waals surface area contributed by atoms with E-state index in [0.717, 1.165) is 19.5 Å². The maximum Gasteiger partial charge on any atom is 0.227 e. The molecule has 1 aliphatic rings. The second-order valence-electron chi connectivity index (χ2n) is 3.58. The first-order valence-electron chi connectivity index (χ1n) is 4.56. The Morgan fingerprint density at radius 1 is 1.79 bits per heavy atom. The maximum absolute atomic E-state index is 11.3. The number of hydrogen-bond donors (Lipinski definition) is 3. The molecule has 0 radical (unpaired) electrons. The molecule has 1 unspecified atom stereocenters. The van der Waals surface area contributed by atoms with Gasteiger partial charge in [-0.25, -0.2) is 0 Å². The lowest BCUT2D eigenvalue weighted by molar-refractivity contribution is -0.120. The lowest BCUT2D eigenvalue weighted by atomic mass is 10.2. The molecular weight excluding hydrogens is 184 g/mol. The molecule has 14 heavy (non-hydrogen) atoms. The van der Waals surface area contributed by atoms with Gasteiger partial charge in [-0.3, -0.25) is 4.79 Å². The standard InChI is InChI=1S/C8H16N4O2/c1-12-3-2-6(5-12)10-8(13)4-7(9)11-14/h6,14H,2-5H2,1H3,(H2,9,11)(H,10,13). The van der Waals surface area contributed by atoms with Gasteiger partial charge in [0.2, 0.25) is 5.91 Å². The van der Waals surface area contributed by atoms with Crippen LogP contribution in [0.3, 0.4) is 0 Å². The van der Waals surface area contributed by atoms with Gasteiger partial charge in [0.05, 0.1) is 6.42 Å². The van der Waals surface area contributed by atoms with Gasteiger partial charge in [-0.05, 0) is 20.0 Å². The van der Waals surface area contributed by atoms with E-state index in [2.05, 4.69) is 15.4 Å². The van der Waals surface area contributed by atoms with Gasteiger partial charge in [0.25, 0.3) is 0 Å². The summed E-state index contributed by atoms with van der Waals surface area (Å²) in [6, 6.07) is 0.194. The van der Waals surface area contributed by atoms with Crippen LogP contribution in [0.2, 0.25) is 0 Å². The molecule has 0 bridgehead atoms. The highest BCUT2D eigenvalue weighted by Crippen LogP contribution is 2.05. The van der Waals surface area contributed by atoms with Gasteiger partial charge in [-0.2, -0.15) is 0 Å². The summed E-state index contributed by atoms with van der Waals surface area (Å²) < 4.78 is 0. The van der Waals surface area contributed by atoms with Gasteiger partial charge < -0.3 is 21.2 Å². The monoisotopic (exact) mass is 200 g/mol. The topological polar surface area (TPSA) is 91.0 Å². The third-order valence-corrected chi connectivity index (χ3v) is 2.23. The van der Waals surface area contributed by atoms with Gasteiger partial charge in [-0.15, -0.1) is 0 Å². The molecule has 0 spiro atoms. The fourth-order valence-electron chi connectivity index (χ4n) is 1.53. The Bertz CT molecular complexity index is 241. The molecular formula is C8H16N4O2. The highest BCUT2D eigenvalue weighted by Gasteiger charge is 2.21. The molecule has 0 aliphatic carbocycles. The van der Waals surface area contributed by atoms with E-state index in [0.29, 0.717) is 0 Å². The van der Waals surface area contributed by atoms with Crippen molar-refractivity contribution in [2.75, 3.05) is 20.1 Å². The van der Waals surface area contributed by atoms with E-state index in [4.69, 9.17) is 10.9 Å². The minimum absolute atomic E-state index is 0.0449. The predicted molar refractivity (Wildman–Crippen MR) is 52.1 cm³/mol. The quantitative estimate of drug-likeness (QED) is 0.234. The second-order valence-corrected chi connectivity index (χ2v) is 3.58. The van der Waals surface area contributed by atoms with Crippen LogP contribution >= 0.6 is 0 Å². The van der Waals surface area contributed by atoms with Gasteiger partial charge in [0.1, 0.15) is 5.84 Å². The number of rotatable bonds is 3. The molecule has 1 fully saturated rings. The summed E-state index contributed by atoms with van der Waals surface area (Å²) in [5, 5.41) is 13.8. The molecule has 0 aromatic carbocycles. The van der Waals surface area contributed by atoms with Crippen LogP contribution in [0.5, 0.6) is 0 Å². The third-order valence-electron chi connectivity index (χ3n) is 2.23. The molecule has 1 atom stereocenters. The Morgan fingerprint density at radius 3 is 3.00 bits per heavy atom. The summed E-state index contributed by atoms with van der Waals surface area (Å²) in [4.78, 5) is 13.4. The number of likely N-dealkylation sites (tertiary alicyclic amines) is 1. The summed E-state index contributed by atoms with van der Waals surface area (Å²) in [5.41, 5.74) is 5.20. The molecule has 6 nitrogen and oxygen atoms in total. The third kappa shape index (κ3) is 3.21. The van der Waals surface area contributed by atoms with Gasteiger partial charge in [0.15, 0.2) is 0 Å². The van der Waals surface area contributed by atoms with E-state index in [1.807, 2.05) is 7.05 Å². The van der Waals surface area contributed by atoms with Crippen LogP contribution in [-0.2, 0) is 4.79 Å². The average molecular weight is 200 g/mol. The van der Waals surface area contributed by atoms with Crippen molar-refractivity contribution in [2.45, 2.75) is 18.9 Å². The number of nitrogens with zero attached hydrogens (tertiary/aromatic N) is 2. The summed E-state index contributed by atoms with van der Waals surface area (Å²) in [6.45, 7) is 1.86. The molecule has 0 saturated carbocycles. The zero-order chi connectivity index (χ0) is 10.6. The van der Waals surface area contributed by atoms with Crippen LogP contribution in [0.1, 0.15) is 12.8 Å². The number of nitrogens with one attached hydrogen (secondary N) is 1. The first kappa shape index (κ1) is 10.8. The van der Waals surface area contributed by atoms with Crippen LogP contribution < -0.4 is 11.1 Å². The predicted octanol–water partition coefficient (Wildman–Crippen LogP) is -1.06. The Labute approximate surface area is 82.7 Å². The van der Waals surface area contributed by atoms with Crippen molar-refractivity contribution in [3.63, 3.8) is 0 Å². The molecule has 1 aliphatic heterocycles. The molecule has 80 valence electrons. The van der Waals surface area contributed by atoms with Crippen molar-refractivity contribution < 1.29 is 10.0 Å². The molecule has 6 heteroatoms. The molecule has 1 heterocycles. The second kappa shape index (κ2) is 4.80. The largest absolute Gasteiger partial charge is 0.409 e. The summed E-state index contributed by atoms with van der Waals surface area (Å²) in [7, 11) is 2.01. The van der Waals surface area contributed by atoms with Crippen molar-refractivity contribution in [3.8, 4) is 0 Å². The zero-order valence-corrected chi connectivity index (χ0v) is 8.23. The van der Waals surface area contributed by atoms with Crippen LogP contribution in [0.25, 0.3) is 0 Å². The Kier molecular flexibility index (Phi) is 3.70. The van der Waals surface area contributed by atoms with E-state index >= 15 is 0 Å². The number of hydrogen-bond acceptors (Lipinski definition) is 4. The zero-order valence-electron chi connectivity index (χ0n) is 8.23. The Morgan fingerprint density at radius 2 is 2.50 bits per heavy atom. The molecule has 4 N–H and O–H groups in total. The fraction of sp³-hybridized carbons (Fsp3) is 0.750. The van der Waals surface area contributed by atoms with Crippen LogP contribution in [0, 0.1) is 0 Å². The molecule has 1 saturated heterocycles. The Balaban J connectivity index is 2.27. The van der Waals surface area contributed by atoms with Crippen molar-refractivity contribution in [2.24, 2.45) is 10.9 Å². The van der Waals surface area contributed by atoms with E-state index < -0.39 is 0 Å². The minimum Gasteiger partial charge on any atom is -0.409 e. The number of likely N-dealkylation sites (N-methyl/N-ethyl adjacent to an activating group) is 1. The molecule has 1 rings (SSSR count). The Hall–Kier alpha value is -1.30. The maximum atomic E-state index is 11.3. The van der Waals surface area contributed by atoms with E-state index in [-0.39, 0.29) is 24.2 Å². The van der Waals surface area contributed by atoms with Crippen LogP contribution in [0.15, 0.2) is 5.16 Å². The molecule has 0 aromatic heterocycles. The first-order chi connectivity index (χ1) is 6.61. The normalized spacial score (nSPS) is 23.8. The van der Waals surface area contributed by atoms with E-state index in [1.165, 1.54) is 0 Å². The number of amides is 1. The van der Waals surface area contributed by atoms with E-state index in [9.17, 15) is 4.79 Å². The first-order valence-corrected chi connectivity index (χ1v) is 4.56. The lowest BCUT2D eigenvalue weighted by Gasteiger charge is -2.12. The van der Waals surface area contributed by atoms with Crippen molar-refractivity contribution in [1.29, 1.82) is 0 Å². The van der Waals surface area contributed by atoms with Crippen LogP contribution in [-0.4, -0.2) is 48.0 Å². The number of carbonyl (C=O) groups is 1. The number of carbonyl (C=O) groups excluding carboxylic acids is 1. The number of nitrogens with two attached hydrogens (primary N) is 1. The summed E-state index contributed by atoms with van der Waals surface area (Å²) in [5.74, 6) is -0.255. The summed E-state index contributed by atoms with van der Waals surface area (Å²) in [6.07, 6.45) is 0.912. The highest BCUT2D eigenvalue weighted by molar-refractivity contribution is 5.98. The van der Waals surface area contributed by atoms with Gasteiger partial charge >= 0.3 is 0 Å². The van der Waals surface area contributed by atoms with Gasteiger partial charge in [0, 0.05) is 12.6 Å². The highest BCUT2D eigenvalue weighted by atomic mass is 16.4. The fourth-order valence-corrected chi connectivity index (χ4v) is 1.53. The SMILES string of the molecule is CN1CCC(NC(=O)CC(N)=NO)C1. The summed E-state index contributed by atoms with van der Waals surface area (Å²) >= 11 is 0. The van der Waals surface area contributed by atoms with Crippen molar-refractivity contribution in [1.82, 2.24) is 10.2 Å². The van der Waals surface area contributed by atoms with Crippen molar-refractivity contribution >= 4 is 11.7 Å². The lowest BCUT2D eigenvalue weighted by Crippen LogP contribution is -2.38. The average Bonchev–Trinajstić information content (AvgIpc) is 2.50. The van der Waals surface area contributed by atoms with E-state index in [1.54, 1.807) is 0 Å². The number of oxime groups is 1.